The number of nitrogens with zero attached hydrogens (tertiary/aromatic N) is 1. The molecule has 0 saturated heterocycles. The molecule has 1 aliphatic heterocycles. The van der Waals surface area contributed by atoms with Gasteiger partial charge in [-0.3, -0.25) is 9.59 Å². The number of benzene rings is 2. The van der Waals surface area contributed by atoms with Gasteiger partial charge in [0.25, 0.3) is 0 Å². The van der Waals surface area contributed by atoms with Crippen molar-refractivity contribution in [2.45, 2.75) is 6.42 Å². The molecule has 10 heteroatoms. The zero-order chi connectivity index (χ0) is 24.1. The summed E-state index contributed by atoms with van der Waals surface area (Å²) in [5.74, 6) is -3.21. The Kier molecular flexibility index (Phi) is 7.62. The van der Waals surface area contributed by atoms with Crippen molar-refractivity contribution < 1.29 is 38.5 Å². The minimum Gasteiger partial charge on any atom is -0.481 e. The predicted molar refractivity (Wildman–Crippen MR) is 120 cm³/mol. The fourth-order valence-electron chi connectivity index (χ4n) is 3.48. The van der Waals surface area contributed by atoms with Crippen molar-refractivity contribution in [3.63, 3.8) is 0 Å². The van der Waals surface area contributed by atoms with E-state index in [1.54, 1.807) is 30.3 Å². The molecule has 2 aromatic rings. The molecule has 0 unspecified atom stereocenters. The number of methoxy groups -OCH3 is 2. The summed E-state index contributed by atoms with van der Waals surface area (Å²) in [5.41, 5.74) is 0.575. The molecule has 0 amide bonds. The van der Waals surface area contributed by atoms with Gasteiger partial charge in [0.05, 0.1) is 38.5 Å². The number of carbonyl (C=O) groups excluding carboxylic acids is 3. The normalized spacial score (nSPS) is 13.5. The van der Waals surface area contributed by atoms with Gasteiger partial charge < -0.3 is 24.2 Å². The molecular weight excluding hydrogens is 498 g/mol. The SMILES string of the molecule is COC(=O)C1=C(C(=O)OC)N(c2c(CC(=O)O)cccc2C(=O)c2ccc(Br)cc2)COC1. The fraction of sp³-hybridized carbons (Fsp3) is 0.217. The van der Waals surface area contributed by atoms with Crippen molar-refractivity contribution in [2.75, 3.05) is 32.5 Å². The maximum Gasteiger partial charge on any atom is 0.355 e. The first-order valence-corrected chi connectivity index (χ1v) is 10.5. The first-order chi connectivity index (χ1) is 15.8. The second kappa shape index (κ2) is 10.4. The highest BCUT2D eigenvalue weighted by Gasteiger charge is 2.35. The predicted octanol–water partition coefficient (Wildman–Crippen LogP) is 2.70. The summed E-state index contributed by atoms with van der Waals surface area (Å²) in [7, 11) is 2.30. The first kappa shape index (κ1) is 24.1. The van der Waals surface area contributed by atoms with Crippen LogP contribution >= 0.6 is 15.9 Å². The van der Waals surface area contributed by atoms with Gasteiger partial charge in [-0.25, -0.2) is 9.59 Å². The quantitative estimate of drug-likeness (QED) is 0.436. The van der Waals surface area contributed by atoms with Crippen LogP contribution in [0.4, 0.5) is 5.69 Å². The van der Waals surface area contributed by atoms with Crippen LogP contribution in [0.1, 0.15) is 21.5 Å². The van der Waals surface area contributed by atoms with Gasteiger partial charge in [0.1, 0.15) is 12.4 Å². The maximum absolute atomic E-state index is 13.4. The minimum atomic E-state index is -1.14. The highest BCUT2D eigenvalue weighted by molar-refractivity contribution is 9.10. The average Bonchev–Trinajstić information content (AvgIpc) is 2.82. The highest BCUT2D eigenvalue weighted by Crippen LogP contribution is 2.34. The zero-order valence-electron chi connectivity index (χ0n) is 17.8. The summed E-state index contributed by atoms with van der Waals surface area (Å²) in [6.07, 6.45) is -0.435. The third kappa shape index (κ3) is 5.12. The molecule has 0 bridgehead atoms. The standard InChI is InChI=1S/C23H20BrNO8/c1-31-22(29)17-11-33-12-25(20(17)23(30)32-2)19-14(10-18(26)27)4-3-5-16(19)21(28)13-6-8-15(24)9-7-13/h3-9H,10-12H2,1-2H3,(H,26,27). The van der Waals surface area contributed by atoms with E-state index in [2.05, 4.69) is 15.9 Å². The van der Waals surface area contributed by atoms with E-state index in [9.17, 15) is 24.3 Å². The third-order valence-electron chi connectivity index (χ3n) is 4.92. The molecule has 2 aromatic carbocycles. The lowest BCUT2D eigenvalue weighted by Gasteiger charge is -2.33. The number of carboxylic acid groups (broad SMARTS) is 1. The number of esters is 2. The van der Waals surface area contributed by atoms with Crippen molar-refractivity contribution >= 4 is 45.3 Å². The molecule has 0 spiro atoms. The van der Waals surface area contributed by atoms with E-state index in [4.69, 9.17) is 14.2 Å². The Morgan fingerprint density at radius 1 is 1.03 bits per heavy atom. The molecule has 1 aliphatic rings. The monoisotopic (exact) mass is 517 g/mol. The molecular formula is C23H20BrNO8. The van der Waals surface area contributed by atoms with Gasteiger partial charge in [0, 0.05) is 15.6 Å². The number of ether oxygens (including phenoxy) is 3. The number of hydrogen-bond donors (Lipinski definition) is 1. The van der Waals surface area contributed by atoms with E-state index >= 15 is 0 Å². The summed E-state index contributed by atoms with van der Waals surface area (Å²) >= 11 is 3.32. The fourth-order valence-corrected chi connectivity index (χ4v) is 3.74. The smallest absolute Gasteiger partial charge is 0.355 e. The summed E-state index contributed by atoms with van der Waals surface area (Å²) < 4.78 is 15.9. The molecule has 3 rings (SSSR count). The van der Waals surface area contributed by atoms with Crippen LogP contribution in [-0.2, 0) is 35.0 Å². The number of para-hydroxylation sites is 1. The number of ketones is 1. The van der Waals surface area contributed by atoms with Crippen molar-refractivity contribution in [1.29, 1.82) is 0 Å². The summed E-state index contributed by atoms with van der Waals surface area (Å²) in [6.45, 7) is -0.438. The van der Waals surface area contributed by atoms with E-state index in [1.165, 1.54) is 17.0 Å². The topological polar surface area (TPSA) is 119 Å². The lowest BCUT2D eigenvalue weighted by molar-refractivity contribution is -0.140. The second-order valence-corrected chi connectivity index (χ2v) is 7.85. The van der Waals surface area contributed by atoms with Crippen LogP contribution in [0.3, 0.4) is 0 Å². The number of halogens is 1. The number of carboxylic acids is 1. The molecule has 0 atom stereocenters. The van der Waals surface area contributed by atoms with Gasteiger partial charge in [-0.2, -0.15) is 0 Å². The van der Waals surface area contributed by atoms with Gasteiger partial charge in [-0.15, -0.1) is 0 Å². The highest BCUT2D eigenvalue weighted by atomic mass is 79.9. The molecule has 0 fully saturated rings. The molecule has 9 nitrogen and oxygen atoms in total. The summed E-state index contributed by atoms with van der Waals surface area (Å²) in [5, 5.41) is 9.45. The van der Waals surface area contributed by atoms with Crippen LogP contribution in [0.2, 0.25) is 0 Å². The van der Waals surface area contributed by atoms with E-state index in [1.807, 2.05) is 0 Å². The Balaban J connectivity index is 2.27. The molecule has 0 aromatic heterocycles. The van der Waals surface area contributed by atoms with E-state index in [-0.39, 0.29) is 41.4 Å². The van der Waals surface area contributed by atoms with Crippen LogP contribution in [0, 0.1) is 0 Å². The molecule has 1 N–H and O–H groups in total. The first-order valence-electron chi connectivity index (χ1n) is 9.67. The van der Waals surface area contributed by atoms with Gasteiger partial charge in [-0.1, -0.05) is 28.1 Å². The molecule has 0 radical (unpaired) electrons. The Bertz CT molecular complexity index is 1140. The summed E-state index contributed by atoms with van der Waals surface area (Å²) in [6, 6.07) is 11.2. The number of carbonyl (C=O) groups is 4. The van der Waals surface area contributed by atoms with Crippen molar-refractivity contribution in [3.05, 3.63) is 74.9 Å². The zero-order valence-corrected chi connectivity index (χ0v) is 19.4. The number of hydrogen-bond acceptors (Lipinski definition) is 8. The maximum atomic E-state index is 13.4. The van der Waals surface area contributed by atoms with Crippen LogP contribution in [0.15, 0.2) is 58.2 Å². The molecule has 1 heterocycles. The van der Waals surface area contributed by atoms with Crippen molar-refractivity contribution in [1.82, 2.24) is 0 Å². The van der Waals surface area contributed by atoms with Crippen LogP contribution in [0.5, 0.6) is 0 Å². The third-order valence-corrected chi connectivity index (χ3v) is 5.44. The minimum absolute atomic E-state index is 0.109. The van der Waals surface area contributed by atoms with Crippen molar-refractivity contribution in [3.8, 4) is 0 Å². The average molecular weight is 518 g/mol. The molecule has 0 saturated carbocycles. The van der Waals surface area contributed by atoms with Crippen LogP contribution < -0.4 is 4.90 Å². The van der Waals surface area contributed by atoms with E-state index < -0.39 is 30.1 Å². The lowest BCUT2D eigenvalue weighted by atomic mass is 9.95. The molecule has 33 heavy (non-hydrogen) atoms. The van der Waals surface area contributed by atoms with Gasteiger partial charge in [-0.05, 0) is 35.9 Å². The number of rotatable bonds is 7. The second-order valence-electron chi connectivity index (χ2n) is 6.94. The lowest BCUT2D eigenvalue weighted by Crippen LogP contribution is -2.40. The van der Waals surface area contributed by atoms with Gasteiger partial charge >= 0.3 is 17.9 Å². The Hall–Kier alpha value is -3.50. The largest absolute Gasteiger partial charge is 0.481 e. The Morgan fingerprint density at radius 3 is 2.30 bits per heavy atom. The van der Waals surface area contributed by atoms with Crippen LogP contribution in [0.25, 0.3) is 0 Å². The van der Waals surface area contributed by atoms with Gasteiger partial charge in [0.15, 0.2) is 5.78 Å². The van der Waals surface area contributed by atoms with E-state index in [0.29, 0.717) is 5.56 Å². The van der Waals surface area contributed by atoms with Crippen molar-refractivity contribution in [2.24, 2.45) is 0 Å². The van der Waals surface area contributed by atoms with E-state index in [0.717, 1.165) is 18.7 Å². The number of aliphatic carboxylic acids is 1. The summed E-state index contributed by atoms with van der Waals surface area (Å²) in [4.78, 5) is 51.3. The van der Waals surface area contributed by atoms with Crippen LogP contribution in [-0.4, -0.2) is 56.4 Å². The Morgan fingerprint density at radius 2 is 1.70 bits per heavy atom. The Labute approximate surface area is 197 Å². The van der Waals surface area contributed by atoms with Gasteiger partial charge in [0.2, 0.25) is 0 Å². The number of anilines is 1. The molecule has 0 aliphatic carbocycles. The molecule has 172 valence electrons.